The standard InChI is InChI=1S/C26H22F2N4O3/c1-32-21-5-3-2-4-18(21)23(16-8-10-17(11-9-16)24(29)34)31-25(26(32)35)30-22(33)13-7-15-6-12-19(27)20(28)14-15/h2-6,8-12,14,25H,7,13H2,1H3,(H2,29,34)(H,30,33). The predicted molar refractivity (Wildman–Crippen MR) is 127 cm³/mol. The number of amides is 3. The minimum atomic E-state index is -1.21. The maximum absolute atomic E-state index is 13.4. The minimum absolute atomic E-state index is 0.0519. The lowest BCUT2D eigenvalue weighted by Crippen LogP contribution is -2.46. The van der Waals surface area contributed by atoms with Crippen LogP contribution in [0, 0.1) is 11.6 Å². The molecule has 1 unspecified atom stereocenters. The monoisotopic (exact) mass is 476 g/mol. The van der Waals surface area contributed by atoms with Crippen molar-refractivity contribution >= 4 is 29.1 Å². The number of aryl methyl sites for hydroxylation is 1. The van der Waals surface area contributed by atoms with Gasteiger partial charge in [-0.05, 0) is 42.3 Å². The highest BCUT2D eigenvalue weighted by atomic mass is 19.2. The van der Waals surface area contributed by atoms with Gasteiger partial charge in [-0.25, -0.2) is 13.8 Å². The number of likely N-dealkylation sites (N-methyl/N-ethyl adjacent to an activating group) is 1. The number of primary amides is 1. The zero-order valence-electron chi connectivity index (χ0n) is 18.8. The van der Waals surface area contributed by atoms with E-state index in [9.17, 15) is 23.2 Å². The van der Waals surface area contributed by atoms with Gasteiger partial charge in [0.1, 0.15) is 0 Å². The summed E-state index contributed by atoms with van der Waals surface area (Å²) in [5.41, 5.74) is 8.48. The highest BCUT2D eigenvalue weighted by Gasteiger charge is 2.30. The highest BCUT2D eigenvalue weighted by Crippen LogP contribution is 2.27. The lowest BCUT2D eigenvalue weighted by molar-refractivity contribution is -0.127. The quantitative estimate of drug-likeness (QED) is 0.572. The van der Waals surface area contributed by atoms with Crippen LogP contribution in [0.25, 0.3) is 0 Å². The normalized spacial score (nSPS) is 15.2. The number of rotatable bonds is 6. The van der Waals surface area contributed by atoms with Crippen molar-refractivity contribution in [2.75, 3.05) is 11.9 Å². The van der Waals surface area contributed by atoms with E-state index in [-0.39, 0.29) is 12.8 Å². The molecule has 1 aliphatic heterocycles. The van der Waals surface area contributed by atoms with Crippen molar-refractivity contribution in [3.8, 4) is 0 Å². The number of nitrogens with two attached hydrogens (primary N) is 1. The van der Waals surface area contributed by atoms with Gasteiger partial charge in [0, 0.05) is 30.2 Å². The van der Waals surface area contributed by atoms with Gasteiger partial charge in [0.05, 0.1) is 11.4 Å². The molecule has 3 aromatic carbocycles. The molecular weight excluding hydrogens is 454 g/mol. The molecule has 4 rings (SSSR count). The van der Waals surface area contributed by atoms with Crippen LogP contribution in [0.5, 0.6) is 0 Å². The zero-order chi connectivity index (χ0) is 25.1. The average Bonchev–Trinajstić information content (AvgIpc) is 2.95. The fraction of sp³-hybridized carbons (Fsp3) is 0.154. The number of benzodiazepines with no additional fused rings is 1. The van der Waals surface area contributed by atoms with Crippen LogP contribution < -0.4 is 16.0 Å². The number of fused-ring (bicyclic) bond motifs is 1. The number of hydrogen-bond acceptors (Lipinski definition) is 4. The molecule has 0 saturated carbocycles. The van der Waals surface area contributed by atoms with Crippen molar-refractivity contribution in [2.24, 2.45) is 10.7 Å². The number of aliphatic imine (C=N–C) groups is 1. The van der Waals surface area contributed by atoms with Crippen LogP contribution in [0.15, 0.2) is 71.7 Å². The molecule has 178 valence electrons. The van der Waals surface area contributed by atoms with Crippen molar-refractivity contribution in [1.82, 2.24) is 5.32 Å². The van der Waals surface area contributed by atoms with Crippen LogP contribution in [0.2, 0.25) is 0 Å². The third-order valence-electron chi connectivity index (χ3n) is 5.71. The van der Waals surface area contributed by atoms with Crippen LogP contribution in [0.1, 0.15) is 33.5 Å². The topological polar surface area (TPSA) is 105 Å². The Labute approximate surface area is 200 Å². The van der Waals surface area contributed by atoms with Crippen LogP contribution >= 0.6 is 0 Å². The van der Waals surface area contributed by atoms with Crippen molar-refractivity contribution in [3.63, 3.8) is 0 Å². The number of carbonyl (C=O) groups excluding carboxylic acids is 3. The lowest BCUT2D eigenvalue weighted by atomic mass is 9.99. The summed E-state index contributed by atoms with van der Waals surface area (Å²) in [6.45, 7) is 0. The van der Waals surface area contributed by atoms with Crippen molar-refractivity contribution < 1.29 is 23.2 Å². The van der Waals surface area contributed by atoms with E-state index in [0.717, 1.165) is 12.1 Å². The fourth-order valence-corrected chi connectivity index (χ4v) is 3.82. The molecule has 7 nitrogen and oxygen atoms in total. The maximum atomic E-state index is 13.4. The molecule has 0 saturated heterocycles. The average molecular weight is 476 g/mol. The Hall–Kier alpha value is -4.40. The molecule has 3 aromatic rings. The smallest absolute Gasteiger partial charge is 0.272 e. The van der Waals surface area contributed by atoms with E-state index in [0.29, 0.717) is 33.7 Å². The Morgan fingerprint density at radius 1 is 1.03 bits per heavy atom. The molecule has 0 aromatic heterocycles. The summed E-state index contributed by atoms with van der Waals surface area (Å²) in [6, 6.07) is 17.1. The van der Waals surface area contributed by atoms with Gasteiger partial charge in [0.15, 0.2) is 11.6 Å². The molecule has 9 heteroatoms. The van der Waals surface area contributed by atoms with E-state index in [1.54, 1.807) is 43.4 Å². The molecule has 0 bridgehead atoms. The van der Waals surface area contributed by atoms with Gasteiger partial charge < -0.3 is 16.0 Å². The van der Waals surface area contributed by atoms with E-state index in [1.807, 2.05) is 12.1 Å². The molecule has 0 spiro atoms. The van der Waals surface area contributed by atoms with Crippen LogP contribution in [0.4, 0.5) is 14.5 Å². The van der Waals surface area contributed by atoms with Crippen LogP contribution in [-0.2, 0) is 16.0 Å². The summed E-state index contributed by atoms with van der Waals surface area (Å²) in [7, 11) is 1.59. The number of anilines is 1. The van der Waals surface area contributed by atoms with Crippen LogP contribution in [-0.4, -0.2) is 36.6 Å². The van der Waals surface area contributed by atoms with Gasteiger partial charge in [0.2, 0.25) is 18.0 Å². The highest BCUT2D eigenvalue weighted by molar-refractivity contribution is 6.20. The van der Waals surface area contributed by atoms with Crippen LogP contribution in [0.3, 0.4) is 0 Å². The molecule has 35 heavy (non-hydrogen) atoms. The van der Waals surface area contributed by atoms with E-state index in [4.69, 9.17) is 5.73 Å². The Morgan fingerprint density at radius 3 is 2.43 bits per heavy atom. The second-order valence-electron chi connectivity index (χ2n) is 8.05. The van der Waals surface area contributed by atoms with Gasteiger partial charge >= 0.3 is 0 Å². The third-order valence-corrected chi connectivity index (χ3v) is 5.71. The second kappa shape index (κ2) is 9.84. The first-order valence-corrected chi connectivity index (χ1v) is 10.8. The first kappa shape index (κ1) is 23.7. The molecule has 0 aliphatic carbocycles. The summed E-state index contributed by atoms with van der Waals surface area (Å²) in [5, 5.41) is 2.64. The lowest BCUT2D eigenvalue weighted by Gasteiger charge is -2.20. The molecule has 1 atom stereocenters. The molecule has 0 radical (unpaired) electrons. The van der Waals surface area contributed by atoms with E-state index < -0.39 is 35.5 Å². The SMILES string of the molecule is CN1C(=O)C(NC(=O)CCc2ccc(F)c(F)c2)N=C(c2ccc(C(N)=O)cc2)c2ccccc21. The number of halogens is 2. The zero-order valence-corrected chi connectivity index (χ0v) is 18.8. The van der Waals surface area contributed by atoms with Gasteiger partial charge in [-0.2, -0.15) is 0 Å². The Bertz CT molecular complexity index is 1340. The Morgan fingerprint density at radius 2 is 1.74 bits per heavy atom. The number of hydrogen-bond donors (Lipinski definition) is 2. The van der Waals surface area contributed by atoms with Gasteiger partial charge in [-0.3, -0.25) is 14.4 Å². The third kappa shape index (κ3) is 5.08. The summed E-state index contributed by atoms with van der Waals surface area (Å²) >= 11 is 0. The van der Waals surface area contributed by atoms with Gasteiger partial charge in [-0.15, -0.1) is 0 Å². The largest absolute Gasteiger partial charge is 0.366 e. The first-order valence-electron chi connectivity index (χ1n) is 10.8. The summed E-state index contributed by atoms with van der Waals surface area (Å²) in [5.74, 6) is -3.43. The number of benzene rings is 3. The molecule has 3 N–H and O–H groups in total. The van der Waals surface area contributed by atoms with Gasteiger partial charge in [-0.1, -0.05) is 36.4 Å². The number of para-hydroxylation sites is 1. The van der Waals surface area contributed by atoms with E-state index >= 15 is 0 Å². The Balaban J connectivity index is 1.62. The van der Waals surface area contributed by atoms with E-state index in [1.165, 1.54) is 11.0 Å². The number of nitrogens with zero attached hydrogens (tertiary/aromatic N) is 2. The van der Waals surface area contributed by atoms with Gasteiger partial charge in [0.25, 0.3) is 5.91 Å². The fourth-order valence-electron chi connectivity index (χ4n) is 3.82. The van der Waals surface area contributed by atoms with E-state index in [2.05, 4.69) is 10.3 Å². The maximum Gasteiger partial charge on any atom is 0.272 e. The van der Waals surface area contributed by atoms with Crippen molar-refractivity contribution in [1.29, 1.82) is 0 Å². The number of carbonyl (C=O) groups is 3. The second-order valence-corrected chi connectivity index (χ2v) is 8.05. The van der Waals surface area contributed by atoms with Crippen molar-refractivity contribution in [2.45, 2.75) is 19.0 Å². The summed E-state index contributed by atoms with van der Waals surface area (Å²) < 4.78 is 26.6. The summed E-state index contributed by atoms with van der Waals surface area (Å²) in [4.78, 5) is 43.3. The number of nitrogens with one attached hydrogen (secondary N) is 1. The molecule has 0 fully saturated rings. The Kier molecular flexibility index (Phi) is 6.68. The molecular formula is C26H22F2N4O3. The molecule has 1 heterocycles. The first-order chi connectivity index (χ1) is 16.7. The van der Waals surface area contributed by atoms with Crippen molar-refractivity contribution in [3.05, 3.63) is 101 Å². The summed E-state index contributed by atoms with van der Waals surface area (Å²) in [6.07, 6.45) is -1.11. The molecule has 1 aliphatic rings. The minimum Gasteiger partial charge on any atom is -0.366 e. The predicted octanol–water partition coefficient (Wildman–Crippen LogP) is 2.95. The molecule has 3 amide bonds.